The molecule has 0 spiro atoms. The van der Waals surface area contributed by atoms with Crippen LogP contribution in [-0.4, -0.2) is 13.2 Å². The highest BCUT2D eigenvalue weighted by molar-refractivity contribution is 5.73. The van der Waals surface area contributed by atoms with E-state index in [0.717, 1.165) is 24.6 Å². The molecule has 0 saturated heterocycles. The third-order valence-electron chi connectivity index (χ3n) is 3.36. The average Bonchev–Trinajstić information content (AvgIpc) is 2.41. The average molecular weight is 239 g/mol. The molecule has 1 aliphatic rings. The van der Waals surface area contributed by atoms with Crippen molar-refractivity contribution in [3.05, 3.63) is 47.5 Å². The standard InChI is InChI=1S/C16H17NO/c1-11-3-4-12(2)14(9-11)13-5-6-15-16(10-13)18-8-7-17-15/h3-6,9-10,17H,7-8H2,1-2H3. The van der Waals surface area contributed by atoms with Gasteiger partial charge in [-0.05, 0) is 42.7 Å². The second-order valence-electron chi connectivity index (χ2n) is 4.80. The highest BCUT2D eigenvalue weighted by atomic mass is 16.5. The predicted molar refractivity (Wildman–Crippen MR) is 75.3 cm³/mol. The van der Waals surface area contributed by atoms with E-state index in [1.54, 1.807) is 0 Å². The van der Waals surface area contributed by atoms with Crippen LogP contribution in [-0.2, 0) is 0 Å². The van der Waals surface area contributed by atoms with Crippen LogP contribution in [0, 0.1) is 13.8 Å². The van der Waals surface area contributed by atoms with Gasteiger partial charge in [-0.3, -0.25) is 0 Å². The molecule has 2 aromatic carbocycles. The molecule has 0 amide bonds. The van der Waals surface area contributed by atoms with Crippen molar-refractivity contribution in [2.45, 2.75) is 13.8 Å². The summed E-state index contributed by atoms with van der Waals surface area (Å²) in [5.41, 5.74) is 6.18. The Morgan fingerprint density at radius 1 is 1.06 bits per heavy atom. The minimum Gasteiger partial charge on any atom is -0.490 e. The molecule has 0 radical (unpaired) electrons. The van der Waals surface area contributed by atoms with Crippen LogP contribution in [0.15, 0.2) is 36.4 Å². The number of aryl methyl sites for hydroxylation is 2. The fourth-order valence-corrected chi connectivity index (χ4v) is 2.35. The summed E-state index contributed by atoms with van der Waals surface area (Å²) < 4.78 is 5.69. The minimum atomic E-state index is 0.739. The summed E-state index contributed by atoms with van der Waals surface area (Å²) >= 11 is 0. The second-order valence-corrected chi connectivity index (χ2v) is 4.80. The van der Waals surface area contributed by atoms with Gasteiger partial charge in [0.15, 0.2) is 0 Å². The summed E-state index contributed by atoms with van der Waals surface area (Å²) in [7, 11) is 0. The number of ether oxygens (including phenoxy) is 1. The zero-order valence-electron chi connectivity index (χ0n) is 10.8. The van der Waals surface area contributed by atoms with Gasteiger partial charge in [0.25, 0.3) is 0 Å². The van der Waals surface area contributed by atoms with E-state index in [1.165, 1.54) is 22.3 Å². The van der Waals surface area contributed by atoms with E-state index < -0.39 is 0 Å². The maximum Gasteiger partial charge on any atom is 0.143 e. The van der Waals surface area contributed by atoms with Gasteiger partial charge in [-0.1, -0.05) is 29.8 Å². The normalized spacial score (nSPS) is 13.4. The van der Waals surface area contributed by atoms with Gasteiger partial charge >= 0.3 is 0 Å². The molecule has 0 unspecified atom stereocenters. The molecule has 0 fully saturated rings. The molecule has 2 nitrogen and oxygen atoms in total. The van der Waals surface area contributed by atoms with E-state index in [1.807, 2.05) is 0 Å². The molecule has 2 heteroatoms. The van der Waals surface area contributed by atoms with E-state index >= 15 is 0 Å². The van der Waals surface area contributed by atoms with Gasteiger partial charge in [-0.25, -0.2) is 0 Å². The first-order chi connectivity index (χ1) is 8.74. The lowest BCUT2D eigenvalue weighted by molar-refractivity contribution is 0.323. The van der Waals surface area contributed by atoms with Crippen molar-refractivity contribution in [2.75, 3.05) is 18.5 Å². The molecule has 1 N–H and O–H groups in total. The molecular weight excluding hydrogens is 222 g/mol. The highest BCUT2D eigenvalue weighted by Crippen LogP contribution is 2.33. The Kier molecular flexibility index (Phi) is 2.71. The maximum absolute atomic E-state index is 5.69. The Labute approximate surface area is 108 Å². The summed E-state index contributed by atoms with van der Waals surface area (Å²) in [5, 5.41) is 3.34. The maximum atomic E-state index is 5.69. The van der Waals surface area contributed by atoms with E-state index in [2.05, 4.69) is 55.6 Å². The number of hydrogen-bond donors (Lipinski definition) is 1. The zero-order chi connectivity index (χ0) is 12.5. The SMILES string of the molecule is Cc1ccc(C)c(-c2ccc3c(c2)OCCN3)c1. The first-order valence-corrected chi connectivity index (χ1v) is 6.32. The van der Waals surface area contributed by atoms with Crippen molar-refractivity contribution >= 4 is 5.69 Å². The van der Waals surface area contributed by atoms with E-state index in [4.69, 9.17) is 4.74 Å². The third kappa shape index (κ3) is 1.94. The van der Waals surface area contributed by atoms with Crippen LogP contribution in [0.2, 0.25) is 0 Å². The molecule has 0 aliphatic carbocycles. The van der Waals surface area contributed by atoms with Crippen LogP contribution < -0.4 is 10.1 Å². The lowest BCUT2D eigenvalue weighted by atomic mass is 9.98. The lowest BCUT2D eigenvalue weighted by Crippen LogP contribution is -2.17. The Morgan fingerprint density at radius 3 is 2.83 bits per heavy atom. The molecule has 2 aromatic rings. The smallest absolute Gasteiger partial charge is 0.143 e. The van der Waals surface area contributed by atoms with Crippen LogP contribution in [0.3, 0.4) is 0 Å². The van der Waals surface area contributed by atoms with Crippen LogP contribution in [0.1, 0.15) is 11.1 Å². The van der Waals surface area contributed by atoms with Crippen LogP contribution in [0.5, 0.6) is 5.75 Å². The van der Waals surface area contributed by atoms with Crippen molar-refractivity contribution in [3.8, 4) is 16.9 Å². The molecule has 0 bridgehead atoms. The number of fused-ring (bicyclic) bond motifs is 1. The van der Waals surface area contributed by atoms with Gasteiger partial charge in [-0.15, -0.1) is 0 Å². The third-order valence-corrected chi connectivity index (χ3v) is 3.36. The molecule has 1 aliphatic heterocycles. The first-order valence-electron chi connectivity index (χ1n) is 6.32. The zero-order valence-corrected chi connectivity index (χ0v) is 10.8. The Morgan fingerprint density at radius 2 is 1.94 bits per heavy atom. The lowest BCUT2D eigenvalue weighted by Gasteiger charge is -2.20. The summed E-state index contributed by atoms with van der Waals surface area (Å²) in [6.45, 7) is 5.89. The van der Waals surface area contributed by atoms with Gasteiger partial charge in [0.2, 0.25) is 0 Å². The number of hydrogen-bond acceptors (Lipinski definition) is 2. The van der Waals surface area contributed by atoms with Crippen LogP contribution in [0.25, 0.3) is 11.1 Å². The quantitative estimate of drug-likeness (QED) is 0.817. The molecule has 92 valence electrons. The predicted octanol–water partition coefficient (Wildman–Crippen LogP) is 3.77. The molecule has 0 atom stereocenters. The number of benzene rings is 2. The van der Waals surface area contributed by atoms with Crippen LogP contribution in [0.4, 0.5) is 5.69 Å². The highest BCUT2D eigenvalue weighted by Gasteiger charge is 2.11. The molecule has 0 aromatic heterocycles. The van der Waals surface area contributed by atoms with Crippen LogP contribution >= 0.6 is 0 Å². The van der Waals surface area contributed by atoms with Crippen molar-refractivity contribution in [2.24, 2.45) is 0 Å². The molecular formula is C16H17NO. The first kappa shape index (κ1) is 11.1. The number of rotatable bonds is 1. The summed E-state index contributed by atoms with van der Waals surface area (Å²) in [5.74, 6) is 0.958. The number of anilines is 1. The molecule has 18 heavy (non-hydrogen) atoms. The van der Waals surface area contributed by atoms with Gasteiger partial charge < -0.3 is 10.1 Å². The Balaban J connectivity index is 2.09. The topological polar surface area (TPSA) is 21.3 Å². The Bertz CT molecular complexity index is 590. The van der Waals surface area contributed by atoms with Gasteiger partial charge in [0, 0.05) is 6.54 Å². The second kappa shape index (κ2) is 4.37. The van der Waals surface area contributed by atoms with Crippen molar-refractivity contribution in [3.63, 3.8) is 0 Å². The fraction of sp³-hybridized carbons (Fsp3) is 0.250. The van der Waals surface area contributed by atoms with Gasteiger partial charge in [0.05, 0.1) is 5.69 Å². The van der Waals surface area contributed by atoms with Gasteiger partial charge in [-0.2, -0.15) is 0 Å². The Hall–Kier alpha value is -1.96. The monoisotopic (exact) mass is 239 g/mol. The van der Waals surface area contributed by atoms with Crippen molar-refractivity contribution in [1.82, 2.24) is 0 Å². The van der Waals surface area contributed by atoms with Gasteiger partial charge in [0.1, 0.15) is 12.4 Å². The summed E-state index contributed by atoms with van der Waals surface area (Å²) in [6.07, 6.45) is 0. The molecule has 0 saturated carbocycles. The summed E-state index contributed by atoms with van der Waals surface area (Å²) in [6, 6.07) is 12.9. The summed E-state index contributed by atoms with van der Waals surface area (Å²) in [4.78, 5) is 0. The van der Waals surface area contributed by atoms with E-state index in [9.17, 15) is 0 Å². The largest absolute Gasteiger partial charge is 0.490 e. The molecule has 3 rings (SSSR count). The molecule has 1 heterocycles. The minimum absolute atomic E-state index is 0.739. The van der Waals surface area contributed by atoms with Crippen molar-refractivity contribution in [1.29, 1.82) is 0 Å². The van der Waals surface area contributed by atoms with E-state index in [-0.39, 0.29) is 0 Å². The number of nitrogens with one attached hydrogen (secondary N) is 1. The fourth-order valence-electron chi connectivity index (χ4n) is 2.35. The van der Waals surface area contributed by atoms with E-state index in [0.29, 0.717) is 0 Å². The van der Waals surface area contributed by atoms with Crippen molar-refractivity contribution < 1.29 is 4.74 Å².